The molecule has 3 heterocycles. The number of hydrogen-bond acceptors (Lipinski definition) is 3. The maximum Gasteiger partial charge on any atom is 0.151 e. The van der Waals surface area contributed by atoms with Crippen molar-refractivity contribution in [1.29, 1.82) is 0 Å². The number of ether oxygens (including phenoxy) is 1. The third-order valence-corrected chi connectivity index (χ3v) is 11.3. The average molecular weight is 473 g/mol. The summed E-state index contributed by atoms with van der Waals surface area (Å²) in [5.41, 5.74) is 12.8. The van der Waals surface area contributed by atoms with Crippen LogP contribution in [0.1, 0.15) is 64.1 Å². The van der Waals surface area contributed by atoms with Crippen molar-refractivity contribution in [3.8, 4) is 5.75 Å². The molecule has 1 aromatic heterocycles. The number of benzene rings is 3. The first kappa shape index (κ1) is 20.2. The van der Waals surface area contributed by atoms with Crippen LogP contribution >= 0.6 is 0 Å². The molecule has 1 saturated heterocycles. The number of aromatic nitrogens is 1. The summed E-state index contributed by atoms with van der Waals surface area (Å²) >= 11 is 0. The fourth-order valence-corrected chi connectivity index (χ4v) is 9.64. The molecule has 3 aliphatic carbocycles. The number of piperidine rings is 1. The Morgan fingerprint density at radius 1 is 1.03 bits per heavy atom. The van der Waals surface area contributed by atoms with Crippen LogP contribution in [-0.4, -0.2) is 29.5 Å². The monoisotopic (exact) mass is 472 g/mol. The number of fused-ring (bicyclic) bond motifs is 4. The molecule has 0 saturated carbocycles. The number of aryl methyl sites for hydroxylation is 4. The van der Waals surface area contributed by atoms with E-state index >= 15 is 0 Å². The first-order valence-electron chi connectivity index (χ1n) is 13.8. The summed E-state index contributed by atoms with van der Waals surface area (Å²) in [5, 5.41) is 4.27. The van der Waals surface area contributed by atoms with E-state index in [1.165, 1.54) is 72.1 Å². The summed E-state index contributed by atoms with van der Waals surface area (Å²) in [7, 11) is 2.35. The van der Waals surface area contributed by atoms with Crippen molar-refractivity contribution < 1.29 is 4.74 Å². The number of likely N-dealkylation sites (N-methyl/N-ethyl adjacent to an activating group) is 1. The Hall–Kier alpha value is -2.91. The molecule has 2 aliphatic heterocycles. The van der Waals surface area contributed by atoms with Crippen LogP contribution in [0, 0.1) is 19.3 Å². The lowest BCUT2D eigenvalue weighted by molar-refractivity contribution is -0.0910. The van der Waals surface area contributed by atoms with Crippen LogP contribution in [-0.2, 0) is 31.1 Å². The minimum Gasteiger partial charge on any atom is -0.483 e. The van der Waals surface area contributed by atoms with Gasteiger partial charge in [-0.15, -0.1) is 0 Å². The second-order valence-corrected chi connectivity index (χ2v) is 12.6. The molecule has 1 fully saturated rings. The number of nitrogens with zero attached hydrogens (tertiary/aromatic N) is 2. The van der Waals surface area contributed by atoms with Gasteiger partial charge in [0.15, 0.2) is 6.10 Å². The molecule has 0 N–H and O–H groups in total. The molecule has 180 valence electrons. The number of pyridine rings is 1. The normalized spacial score (nSPS) is 31.0. The van der Waals surface area contributed by atoms with Crippen LogP contribution in [0.25, 0.3) is 21.7 Å². The van der Waals surface area contributed by atoms with E-state index in [2.05, 4.69) is 69.1 Å². The molecule has 3 aromatic carbocycles. The fourth-order valence-electron chi connectivity index (χ4n) is 9.64. The molecule has 0 radical (unpaired) electrons. The van der Waals surface area contributed by atoms with Gasteiger partial charge < -0.3 is 9.64 Å². The first-order valence-corrected chi connectivity index (χ1v) is 13.8. The third kappa shape index (κ3) is 1.98. The number of hydrogen-bond donors (Lipinski definition) is 0. The standard InChI is InChI=1S/C33H32N2O/c1-17-8-9-21-15-25-32(3)16-23-18(2)26-22-11-10-19-6-5-7-20(27(19)22)14-24(26)34-29(23)31-33(32,12-13-35(25)4)28(21)30(17)36-31/h5-9,14,25,31H,10-13,15-16H2,1-4H3/t25-,31-,32-,33-/m0/s1. The molecule has 5 aliphatic rings. The molecule has 0 unspecified atom stereocenters. The largest absolute Gasteiger partial charge is 0.483 e. The Balaban J connectivity index is 1.40. The van der Waals surface area contributed by atoms with E-state index in [-0.39, 0.29) is 16.9 Å². The Morgan fingerprint density at radius 2 is 1.92 bits per heavy atom. The fraction of sp³-hybridized carbons (Fsp3) is 0.424. The zero-order chi connectivity index (χ0) is 24.1. The van der Waals surface area contributed by atoms with Gasteiger partial charge in [0.05, 0.1) is 16.6 Å². The highest BCUT2D eigenvalue weighted by molar-refractivity contribution is 6.05. The lowest BCUT2D eigenvalue weighted by atomic mass is 9.44. The molecule has 1 spiro atoms. The molecule has 0 amide bonds. The van der Waals surface area contributed by atoms with Crippen LogP contribution in [0.5, 0.6) is 5.75 Å². The van der Waals surface area contributed by atoms with Crippen LogP contribution in [0.3, 0.4) is 0 Å². The van der Waals surface area contributed by atoms with Crippen LogP contribution in [0.15, 0.2) is 36.4 Å². The van der Waals surface area contributed by atoms with E-state index in [4.69, 9.17) is 9.72 Å². The Labute approximate surface area is 212 Å². The highest BCUT2D eigenvalue weighted by Gasteiger charge is 2.70. The highest BCUT2D eigenvalue weighted by Crippen LogP contribution is 2.71. The van der Waals surface area contributed by atoms with Gasteiger partial charge in [-0.3, -0.25) is 0 Å². The summed E-state index contributed by atoms with van der Waals surface area (Å²) in [6.07, 6.45) is 5.67. The maximum atomic E-state index is 7.11. The van der Waals surface area contributed by atoms with Crippen LogP contribution < -0.4 is 4.74 Å². The SMILES string of the molecule is Cc1ccc2c3c1O[C@H]1c4nc5cc6cccc7c6c(c5c(C)c4C[C@@]4(C)[C@H](C2)N(C)CC[C@]314)CC7. The first-order chi connectivity index (χ1) is 17.4. The van der Waals surface area contributed by atoms with Gasteiger partial charge in [0.2, 0.25) is 0 Å². The van der Waals surface area contributed by atoms with Crippen molar-refractivity contribution in [3.63, 3.8) is 0 Å². The second-order valence-electron chi connectivity index (χ2n) is 12.6. The Bertz CT molecular complexity index is 1700. The van der Waals surface area contributed by atoms with E-state index in [0.717, 1.165) is 38.6 Å². The minimum atomic E-state index is 0.0105. The van der Waals surface area contributed by atoms with Gasteiger partial charge in [-0.2, -0.15) is 0 Å². The summed E-state index contributed by atoms with van der Waals surface area (Å²) in [6.45, 7) is 8.34. The maximum absolute atomic E-state index is 7.11. The molecule has 3 nitrogen and oxygen atoms in total. The summed E-state index contributed by atoms with van der Waals surface area (Å²) in [5.74, 6) is 1.17. The molecule has 36 heavy (non-hydrogen) atoms. The number of rotatable bonds is 0. The highest BCUT2D eigenvalue weighted by atomic mass is 16.5. The van der Waals surface area contributed by atoms with Crippen LogP contribution in [0.4, 0.5) is 0 Å². The number of likely N-dealkylation sites (tertiary alicyclic amines) is 1. The van der Waals surface area contributed by atoms with Gasteiger partial charge in [0.25, 0.3) is 0 Å². The van der Waals surface area contributed by atoms with Crippen molar-refractivity contribution in [2.75, 3.05) is 13.6 Å². The van der Waals surface area contributed by atoms with E-state index in [1.54, 1.807) is 0 Å². The second kappa shape index (κ2) is 6.14. The molecule has 4 aromatic rings. The molecular weight excluding hydrogens is 440 g/mol. The molecule has 3 heteroatoms. The van der Waals surface area contributed by atoms with Crippen molar-refractivity contribution in [2.45, 2.75) is 70.4 Å². The van der Waals surface area contributed by atoms with Gasteiger partial charge >= 0.3 is 0 Å². The van der Waals surface area contributed by atoms with Gasteiger partial charge in [0, 0.05) is 22.4 Å². The minimum absolute atomic E-state index is 0.0105. The van der Waals surface area contributed by atoms with Crippen molar-refractivity contribution in [2.24, 2.45) is 5.41 Å². The summed E-state index contributed by atoms with van der Waals surface area (Å²) in [4.78, 5) is 8.21. The Morgan fingerprint density at radius 3 is 2.81 bits per heavy atom. The van der Waals surface area contributed by atoms with Crippen LogP contribution in [0.2, 0.25) is 0 Å². The van der Waals surface area contributed by atoms with Crippen molar-refractivity contribution in [1.82, 2.24) is 9.88 Å². The third-order valence-electron chi connectivity index (χ3n) is 11.3. The zero-order valence-corrected chi connectivity index (χ0v) is 21.7. The van der Waals surface area contributed by atoms with Gasteiger partial charge in [-0.25, -0.2) is 4.98 Å². The summed E-state index contributed by atoms with van der Waals surface area (Å²) in [6, 6.07) is 14.4. The van der Waals surface area contributed by atoms with Gasteiger partial charge in [-0.05, 0) is 110 Å². The zero-order valence-electron chi connectivity index (χ0n) is 21.7. The lowest BCUT2D eigenvalue weighted by Crippen LogP contribution is -2.68. The topological polar surface area (TPSA) is 25.4 Å². The molecule has 2 bridgehead atoms. The van der Waals surface area contributed by atoms with Crippen molar-refractivity contribution >= 4 is 21.7 Å². The summed E-state index contributed by atoms with van der Waals surface area (Å²) < 4.78 is 7.11. The van der Waals surface area contributed by atoms with E-state index < -0.39 is 0 Å². The molecule has 9 rings (SSSR count). The van der Waals surface area contributed by atoms with Gasteiger partial charge in [-0.1, -0.05) is 37.3 Å². The predicted molar refractivity (Wildman–Crippen MR) is 144 cm³/mol. The van der Waals surface area contributed by atoms with E-state index in [0.29, 0.717) is 6.04 Å². The lowest BCUT2D eigenvalue weighted by Gasteiger charge is -2.64. The van der Waals surface area contributed by atoms with E-state index in [1.807, 2.05) is 0 Å². The predicted octanol–water partition coefficient (Wildman–Crippen LogP) is 6.30. The van der Waals surface area contributed by atoms with Crippen molar-refractivity contribution in [3.05, 3.63) is 81.0 Å². The van der Waals surface area contributed by atoms with Gasteiger partial charge in [0.1, 0.15) is 5.75 Å². The smallest absolute Gasteiger partial charge is 0.151 e. The Kier molecular flexibility index (Phi) is 3.44. The van der Waals surface area contributed by atoms with E-state index in [9.17, 15) is 0 Å². The average Bonchev–Trinajstić information content (AvgIpc) is 3.45. The molecular formula is C33H32N2O. The quantitative estimate of drug-likeness (QED) is 0.281. The molecule has 4 atom stereocenters.